The Kier molecular flexibility index (Phi) is 3.67. The largest absolute Gasteiger partial charge is 0.341 e. The second-order valence-electron chi connectivity index (χ2n) is 4.78. The average molecular weight is 232 g/mol. The highest BCUT2D eigenvalue weighted by molar-refractivity contribution is 5.73. The quantitative estimate of drug-likeness (QED) is 0.792. The lowest BCUT2D eigenvalue weighted by molar-refractivity contribution is 0.161. The van der Waals surface area contributed by atoms with Crippen LogP contribution in [0.3, 0.4) is 0 Å². The van der Waals surface area contributed by atoms with Crippen LogP contribution in [0.1, 0.15) is 24.8 Å². The summed E-state index contributed by atoms with van der Waals surface area (Å²) in [6, 6.07) is 10.7. The minimum absolute atomic E-state index is 0.0448. The zero-order chi connectivity index (χ0) is 12.3. The molecule has 1 aromatic carbocycles. The molecule has 0 radical (unpaired) electrons. The maximum atomic E-state index is 11.6. The number of rotatable bonds is 1. The van der Waals surface area contributed by atoms with E-state index in [4.69, 9.17) is 0 Å². The molecular formula is C14H20N2O. The fourth-order valence-corrected chi connectivity index (χ4v) is 2.68. The molecule has 1 fully saturated rings. The molecule has 3 heteroatoms. The Labute approximate surface area is 103 Å². The average Bonchev–Trinajstić information content (AvgIpc) is 2.38. The molecule has 0 saturated carbocycles. The van der Waals surface area contributed by atoms with E-state index in [9.17, 15) is 4.79 Å². The number of carbonyl (C=O) groups excluding carboxylic acids is 1. The van der Waals surface area contributed by atoms with Crippen molar-refractivity contribution in [2.75, 3.05) is 20.1 Å². The molecule has 2 rings (SSSR count). The third kappa shape index (κ3) is 2.60. The van der Waals surface area contributed by atoms with E-state index in [0.717, 1.165) is 19.5 Å². The summed E-state index contributed by atoms with van der Waals surface area (Å²) in [6.07, 6.45) is 1.05. The van der Waals surface area contributed by atoms with Gasteiger partial charge in [-0.2, -0.15) is 0 Å². The summed E-state index contributed by atoms with van der Waals surface area (Å²) in [7, 11) is 1.69. The van der Waals surface area contributed by atoms with E-state index in [1.54, 1.807) is 7.05 Å². The second kappa shape index (κ2) is 5.21. The molecule has 3 nitrogen and oxygen atoms in total. The van der Waals surface area contributed by atoms with Crippen molar-refractivity contribution in [3.05, 3.63) is 35.9 Å². The number of likely N-dealkylation sites (tertiary alicyclic amines) is 1. The molecule has 0 spiro atoms. The van der Waals surface area contributed by atoms with Crippen molar-refractivity contribution in [3.8, 4) is 0 Å². The molecule has 2 unspecified atom stereocenters. The number of hydrogen-bond donors (Lipinski definition) is 1. The van der Waals surface area contributed by atoms with Gasteiger partial charge in [-0.3, -0.25) is 0 Å². The van der Waals surface area contributed by atoms with Crippen LogP contribution in [0.5, 0.6) is 0 Å². The predicted octanol–water partition coefficient (Wildman–Crippen LogP) is 2.45. The molecule has 17 heavy (non-hydrogen) atoms. The summed E-state index contributed by atoms with van der Waals surface area (Å²) in [6.45, 7) is 3.93. The number of benzene rings is 1. The van der Waals surface area contributed by atoms with E-state index < -0.39 is 0 Å². The summed E-state index contributed by atoms with van der Waals surface area (Å²) in [5, 5.41) is 2.70. The number of piperidine rings is 1. The predicted molar refractivity (Wildman–Crippen MR) is 69.0 cm³/mol. The van der Waals surface area contributed by atoms with Crippen molar-refractivity contribution in [3.63, 3.8) is 0 Å². The lowest BCUT2D eigenvalue weighted by atomic mass is 9.82. The first-order valence-corrected chi connectivity index (χ1v) is 6.24. The van der Waals surface area contributed by atoms with E-state index in [1.165, 1.54) is 5.56 Å². The van der Waals surface area contributed by atoms with Gasteiger partial charge in [-0.25, -0.2) is 4.79 Å². The lowest BCUT2D eigenvalue weighted by Crippen LogP contribution is -2.45. The number of nitrogens with zero attached hydrogens (tertiary/aromatic N) is 1. The minimum atomic E-state index is 0.0448. The Hall–Kier alpha value is -1.51. The molecule has 1 aliphatic heterocycles. The first-order valence-electron chi connectivity index (χ1n) is 6.24. The standard InChI is InChI=1S/C14H20N2O/c1-11-10-16(14(17)15-2)9-8-13(11)12-6-4-3-5-7-12/h3-7,11,13H,8-10H2,1-2H3,(H,15,17). The van der Waals surface area contributed by atoms with Gasteiger partial charge < -0.3 is 10.2 Å². The summed E-state index contributed by atoms with van der Waals surface area (Å²) in [5.41, 5.74) is 1.40. The van der Waals surface area contributed by atoms with Gasteiger partial charge in [0.05, 0.1) is 0 Å². The summed E-state index contributed by atoms with van der Waals surface area (Å²) in [5.74, 6) is 1.10. The molecule has 92 valence electrons. The Bertz CT molecular complexity index is 377. The van der Waals surface area contributed by atoms with Crippen molar-refractivity contribution in [1.29, 1.82) is 0 Å². The number of carbonyl (C=O) groups is 1. The molecule has 0 aliphatic carbocycles. The van der Waals surface area contributed by atoms with E-state index >= 15 is 0 Å². The van der Waals surface area contributed by atoms with Crippen molar-refractivity contribution >= 4 is 6.03 Å². The number of nitrogens with one attached hydrogen (secondary N) is 1. The van der Waals surface area contributed by atoms with Gasteiger partial charge in [0.1, 0.15) is 0 Å². The number of amides is 2. The minimum Gasteiger partial charge on any atom is -0.341 e. The van der Waals surface area contributed by atoms with Gasteiger partial charge in [-0.1, -0.05) is 37.3 Å². The first kappa shape index (κ1) is 12.0. The van der Waals surface area contributed by atoms with Crippen LogP contribution < -0.4 is 5.32 Å². The summed E-state index contributed by atoms with van der Waals surface area (Å²) in [4.78, 5) is 13.5. The van der Waals surface area contributed by atoms with Gasteiger partial charge in [0, 0.05) is 20.1 Å². The Morgan fingerprint density at radius 3 is 2.65 bits per heavy atom. The molecule has 1 N–H and O–H groups in total. The van der Waals surface area contributed by atoms with Gasteiger partial charge >= 0.3 is 6.03 Å². The topological polar surface area (TPSA) is 32.3 Å². The zero-order valence-electron chi connectivity index (χ0n) is 10.5. The maximum Gasteiger partial charge on any atom is 0.317 e. The van der Waals surface area contributed by atoms with Crippen molar-refractivity contribution in [2.24, 2.45) is 5.92 Å². The van der Waals surface area contributed by atoms with Crippen molar-refractivity contribution < 1.29 is 4.79 Å². The number of urea groups is 1. The highest BCUT2D eigenvalue weighted by Crippen LogP contribution is 2.32. The highest BCUT2D eigenvalue weighted by atomic mass is 16.2. The van der Waals surface area contributed by atoms with Crippen LogP contribution in [0.4, 0.5) is 4.79 Å². The van der Waals surface area contributed by atoms with E-state index in [0.29, 0.717) is 11.8 Å². The van der Waals surface area contributed by atoms with Gasteiger partial charge in [-0.05, 0) is 23.8 Å². The molecule has 1 aliphatic rings. The van der Waals surface area contributed by atoms with Crippen LogP contribution >= 0.6 is 0 Å². The first-order chi connectivity index (χ1) is 8.22. The molecule has 1 heterocycles. The van der Waals surface area contributed by atoms with E-state index in [1.807, 2.05) is 11.0 Å². The molecule has 0 bridgehead atoms. The van der Waals surface area contributed by atoms with Crippen LogP contribution in [0.25, 0.3) is 0 Å². The van der Waals surface area contributed by atoms with Gasteiger partial charge in [-0.15, -0.1) is 0 Å². The third-order valence-electron chi connectivity index (χ3n) is 3.63. The van der Waals surface area contributed by atoms with Crippen LogP contribution in [0.2, 0.25) is 0 Å². The van der Waals surface area contributed by atoms with Crippen LogP contribution in [-0.4, -0.2) is 31.1 Å². The fourth-order valence-electron chi connectivity index (χ4n) is 2.68. The van der Waals surface area contributed by atoms with Crippen molar-refractivity contribution in [1.82, 2.24) is 10.2 Å². The summed E-state index contributed by atoms with van der Waals surface area (Å²) < 4.78 is 0. The Balaban J connectivity index is 2.04. The molecule has 2 atom stereocenters. The SMILES string of the molecule is CNC(=O)N1CCC(c2ccccc2)C(C)C1. The van der Waals surface area contributed by atoms with Gasteiger partial charge in [0.15, 0.2) is 0 Å². The Morgan fingerprint density at radius 2 is 2.06 bits per heavy atom. The molecule has 0 aromatic heterocycles. The second-order valence-corrected chi connectivity index (χ2v) is 4.78. The highest BCUT2D eigenvalue weighted by Gasteiger charge is 2.28. The maximum absolute atomic E-state index is 11.6. The lowest BCUT2D eigenvalue weighted by Gasteiger charge is -2.37. The smallest absolute Gasteiger partial charge is 0.317 e. The number of hydrogen-bond acceptors (Lipinski definition) is 1. The zero-order valence-corrected chi connectivity index (χ0v) is 10.5. The third-order valence-corrected chi connectivity index (χ3v) is 3.63. The molecule has 1 saturated heterocycles. The molecule has 2 amide bonds. The van der Waals surface area contributed by atoms with Gasteiger partial charge in [0.25, 0.3) is 0 Å². The van der Waals surface area contributed by atoms with E-state index in [2.05, 4.69) is 36.5 Å². The Morgan fingerprint density at radius 1 is 1.35 bits per heavy atom. The van der Waals surface area contributed by atoms with Crippen molar-refractivity contribution in [2.45, 2.75) is 19.3 Å². The fraction of sp³-hybridized carbons (Fsp3) is 0.500. The van der Waals surface area contributed by atoms with E-state index in [-0.39, 0.29) is 6.03 Å². The van der Waals surface area contributed by atoms with Crippen LogP contribution in [0.15, 0.2) is 30.3 Å². The van der Waals surface area contributed by atoms with Crippen LogP contribution in [0, 0.1) is 5.92 Å². The van der Waals surface area contributed by atoms with Crippen LogP contribution in [-0.2, 0) is 0 Å². The monoisotopic (exact) mass is 232 g/mol. The van der Waals surface area contributed by atoms with Gasteiger partial charge in [0.2, 0.25) is 0 Å². The molecule has 1 aromatic rings. The summed E-state index contributed by atoms with van der Waals surface area (Å²) >= 11 is 0. The molecular weight excluding hydrogens is 212 g/mol. The normalized spacial score (nSPS) is 24.5.